The van der Waals surface area contributed by atoms with E-state index in [0.717, 1.165) is 21.9 Å². The Morgan fingerprint density at radius 1 is 1.27 bits per heavy atom. The van der Waals surface area contributed by atoms with Gasteiger partial charge in [-0.2, -0.15) is 5.10 Å². The Morgan fingerprint density at radius 3 is 2.60 bits per heavy atom. The second-order valence-electron chi connectivity index (χ2n) is 7.78. The molecule has 2 amide bonds. The number of hydrogen-bond acceptors (Lipinski definition) is 5. The van der Waals surface area contributed by atoms with Crippen LogP contribution in [0.1, 0.15) is 37.6 Å². The highest BCUT2D eigenvalue weighted by atomic mass is 16.5. The van der Waals surface area contributed by atoms with E-state index in [4.69, 9.17) is 9.15 Å². The molecule has 2 aromatic rings. The lowest BCUT2D eigenvalue weighted by atomic mass is 10.0. The molecule has 0 radical (unpaired) electrons. The van der Waals surface area contributed by atoms with Crippen molar-refractivity contribution in [3.8, 4) is 5.75 Å². The molecule has 1 aliphatic rings. The molecule has 0 bridgehead atoms. The summed E-state index contributed by atoms with van der Waals surface area (Å²) in [5.74, 6) is 1.21. The standard InChI is InChI=1S/C22H28N4O4/c1-15(2)23-21(27)13-25(3)14-22(28)26-19(20-6-5-11-30-20)12-18(24-26)16-7-9-17(29-4)10-8-16/h5-11,15,19H,12-14H2,1-4H3,(H,23,27)/p+1/t19-/m1/s1. The van der Waals surface area contributed by atoms with Gasteiger partial charge < -0.3 is 19.4 Å². The third kappa shape index (κ3) is 5.27. The predicted octanol–water partition coefficient (Wildman–Crippen LogP) is 1.01. The average Bonchev–Trinajstić information content (AvgIpc) is 3.36. The summed E-state index contributed by atoms with van der Waals surface area (Å²) in [6.45, 7) is 4.19. The van der Waals surface area contributed by atoms with Crippen molar-refractivity contribution in [3.63, 3.8) is 0 Å². The molecule has 8 nitrogen and oxygen atoms in total. The summed E-state index contributed by atoms with van der Waals surface area (Å²) >= 11 is 0. The number of likely N-dealkylation sites (N-methyl/N-ethyl adjacent to an activating group) is 1. The van der Waals surface area contributed by atoms with E-state index in [1.54, 1.807) is 19.4 Å². The number of ether oxygens (including phenoxy) is 1. The lowest BCUT2D eigenvalue weighted by Crippen LogP contribution is -3.11. The highest BCUT2D eigenvalue weighted by Gasteiger charge is 2.36. The molecule has 1 aromatic carbocycles. The number of carbonyl (C=O) groups is 2. The summed E-state index contributed by atoms with van der Waals surface area (Å²) in [7, 11) is 3.44. The number of benzene rings is 1. The van der Waals surface area contributed by atoms with E-state index in [1.165, 1.54) is 5.01 Å². The molecule has 0 saturated heterocycles. The van der Waals surface area contributed by atoms with Crippen LogP contribution in [0, 0.1) is 0 Å². The zero-order valence-corrected chi connectivity index (χ0v) is 17.8. The first kappa shape index (κ1) is 21.6. The second-order valence-corrected chi connectivity index (χ2v) is 7.78. The van der Waals surface area contributed by atoms with Gasteiger partial charge in [-0.15, -0.1) is 0 Å². The van der Waals surface area contributed by atoms with E-state index >= 15 is 0 Å². The van der Waals surface area contributed by atoms with Crippen molar-refractivity contribution in [2.75, 3.05) is 27.2 Å². The van der Waals surface area contributed by atoms with Gasteiger partial charge in [0.05, 0.1) is 26.1 Å². The molecule has 1 unspecified atom stereocenters. The predicted molar refractivity (Wildman–Crippen MR) is 112 cm³/mol. The summed E-state index contributed by atoms with van der Waals surface area (Å²) < 4.78 is 10.8. The first-order valence-electron chi connectivity index (χ1n) is 10.1. The van der Waals surface area contributed by atoms with Crippen LogP contribution in [-0.4, -0.2) is 55.8 Å². The molecule has 1 aromatic heterocycles. The van der Waals surface area contributed by atoms with Crippen molar-refractivity contribution >= 4 is 17.5 Å². The molecule has 2 heterocycles. The normalized spacial score (nSPS) is 17.0. The molecule has 1 aliphatic heterocycles. The Kier molecular flexibility index (Phi) is 6.89. The van der Waals surface area contributed by atoms with Crippen LogP contribution in [0.4, 0.5) is 0 Å². The summed E-state index contributed by atoms with van der Waals surface area (Å²) in [4.78, 5) is 25.8. The molecule has 0 saturated carbocycles. The van der Waals surface area contributed by atoms with E-state index < -0.39 is 0 Å². The number of hydrazone groups is 1. The fourth-order valence-corrected chi connectivity index (χ4v) is 3.45. The Bertz CT molecular complexity index is 890. The van der Waals surface area contributed by atoms with Crippen molar-refractivity contribution in [1.29, 1.82) is 0 Å². The first-order valence-corrected chi connectivity index (χ1v) is 10.1. The summed E-state index contributed by atoms with van der Waals surface area (Å²) in [6, 6.07) is 11.0. The zero-order valence-electron chi connectivity index (χ0n) is 17.8. The van der Waals surface area contributed by atoms with Crippen molar-refractivity contribution in [3.05, 3.63) is 54.0 Å². The summed E-state index contributed by atoms with van der Waals surface area (Å²) in [6.07, 6.45) is 2.15. The maximum atomic E-state index is 13.0. The van der Waals surface area contributed by atoms with E-state index in [2.05, 4.69) is 10.4 Å². The van der Waals surface area contributed by atoms with Gasteiger partial charge in [-0.05, 0) is 55.8 Å². The zero-order chi connectivity index (χ0) is 21.7. The van der Waals surface area contributed by atoms with Gasteiger partial charge in [-0.1, -0.05) is 0 Å². The molecule has 0 fully saturated rings. The lowest BCUT2D eigenvalue weighted by molar-refractivity contribution is -0.863. The molecule has 2 N–H and O–H groups in total. The monoisotopic (exact) mass is 413 g/mol. The van der Waals surface area contributed by atoms with Crippen LogP contribution < -0.4 is 15.0 Å². The van der Waals surface area contributed by atoms with E-state index in [0.29, 0.717) is 12.2 Å². The lowest BCUT2D eigenvalue weighted by Gasteiger charge is -2.21. The molecule has 30 heavy (non-hydrogen) atoms. The van der Waals surface area contributed by atoms with Crippen molar-refractivity contribution in [1.82, 2.24) is 10.3 Å². The van der Waals surface area contributed by atoms with Crippen LogP contribution in [0.15, 0.2) is 52.2 Å². The van der Waals surface area contributed by atoms with Crippen LogP contribution in [0.3, 0.4) is 0 Å². The number of nitrogens with zero attached hydrogens (tertiary/aromatic N) is 2. The number of methoxy groups -OCH3 is 1. The van der Waals surface area contributed by atoms with Crippen LogP contribution >= 0.6 is 0 Å². The van der Waals surface area contributed by atoms with Gasteiger partial charge >= 0.3 is 0 Å². The van der Waals surface area contributed by atoms with Crippen molar-refractivity contribution in [2.45, 2.75) is 32.4 Å². The van der Waals surface area contributed by atoms with Gasteiger partial charge in [0.15, 0.2) is 13.1 Å². The fourth-order valence-electron chi connectivity index (χ4n) is 3.45. The Hall–Kier alpha value is -3.13. The van der Waals surface area contributed by atoms with Crippen LogP contribution in [-0.2, 0) is 9.59 Å². The Balaban J connectivity index is 1.75. The summed E-state index contributed by atoms with van der Waals surface area (Å²) in [5.41, 5.74) is 1.74. The SMILES string of the molecule is COc1ccc(C2=NN(C(=O)C[NH+](C)CC(=O)NC(C)C)[C@@H](c3ccco3)C2)cc1. The highest BCUT2D eigenvalue weighted by molar-refractivity contribution is 6.03. The number of furan rings is 1. The third-order valence-corrected chi connectivity index (χ3v) is 4.83. The quantitative estimate of drug-likeness (QED) is 0.676. The molecule has 0 spiro atoms. The number of carbonyl (C=O) groups excluding carboxylic acids is 2. The van der Waals surface area contributed by atoms with Gasteiger partial charge in [0.2, 0.25) is 0 Å². The van der Waals surface area contributed by atoms with Crippen molar-refractivity contribution < 1.29 is 23.6 Å². The third-order valence-electron chi connectivity index (χ3n) is 4.83. The van der Waals surface area contributed by atoms with E-state index in [-0.39, 0.29) is 37.0 Å². The number of amides is 2. The minimum Gasteiger partial charge on any atom is -0.497 e. The molecule has 3 rings (SSSR count). The number of quaternary nitrogens is 1. The van der Waals surface area contributed by atoms with Crippen LogP contribution in [0.5, 0.6) is 5.75 Å². The first-order chi connectivity index (χ1) is 14.4. The van der Waals surface area contributed by atoms with Gasteiger partial charge in [-0.3, -0.25) is 9.59 Å². The average molecular weight is 413 g/mol. The Labute approximate surface area is 176 Å². The molecular weight excluding hydrogens is 384 g/mol. The van der Waals surface area contributed by atoms with Crippen LogP contribution in [0.25, 0.3) is 0 Å². The fraction of sp³-hybridized carbons (Fsp3) is 0.409. The molecule has 2 atom stereocenters. The maximum Gasteiger partial charge on any atom is 0.298 e. The van der Waals surface area contributed by atoms with Gasteiger partial charge in [0, 0.05) is 12.5 Å². The minimum atomic E-state index is -0.304. The van der Waals surface area contributed by atoms with Gasteiger partial charge in [0.1, 0.15) is 17.6 Å². The van der Waals surface area contributed by atoms with Gasteiger partial charge in [-0.25, -0.2) is 5.01 Å². The largest absolute Gasteiger partial charge is 0.497 e. The molecular formula is C22H29N4O4+. The molecule has 0 aliphatic carbocycles. The van der Waals surface area contributed by atoms with Gasteiger partial charge in [0.25, 0.3) is 11.8 Å². The number of rotatable bonds is 8. The topological polar surface area (TPSA) is 88.6 Å². The van der Waals surface area contributed by atoms with Crippen LogP contribution in [0.2, 0.25) is 0 Å². The second kappa shape index (κ2) is 9.58. The highest BCUT2D eigenvalue weighted by Crippen LogP contribution is 2.33. The smallest absolute Gasteiger partial charge is 0.298 e. The van der Waals surface area contributed by atoms with Crippen molar-refractivity contribution in [2.24, 2.45) is 5.10 Å². The molecule has 8 heteroatoms. The maximum absolute atomic E-state index is 13.0. The Morgan fingerprint density at radius 2 is 2.00 bits per heavy atom. The minimum absolute atomic E-state index is 0.0690. The number of hydrogen-bond donors (Lipinski definition) is 2. The van der Waals surface area contributed by atoms with E-state index in [9.17, 15) is 9.59 Å². The summed E-state index contributed by atoms with van der Waals surface area (Å²) in [5, 5.41) is 8.95. The molecule has 160 valence electrons. The van der Waals surface area contributed by atoms with E-state index in [1.807, 2.05) is 51.2 Å². The number of nitrogens with one attached hydrogen (secondary N) is 2.